The number of hydrogen-bond donors (Lipinski definition) is 1. The zero-order valence-corrected chi connectivity index (χ0v) is 13.1. The van der Waals surface area contributed by atoms with Crippen molar-refractivity contribution in [3.05, 3.63) is 65.2 Å². The van der Waals surface area contributed by atoms with Crippen LogP contribution in [0.15, 0.2) is 48.5 Å². The van der Waals surface area contributed by atoms with Crippen molar-refractivity contribution in [1.82, 2.24) is 4.90 Å². The quantitative estimate of drug-likeness (QED) is 0.923. The van der Waals surface area contributed by atoms with Gasteiger partial charge in [0.15, 0.2) is 0 Å². The van der Waals surface area contributed by atoms with Gasteiger partial charge < -0.3 is 14.7 Å². The molecule has 0 radical (unpaired) electrons. The van der Waals surface area contributed by atoms with Crippen molar-refractivity contribution in [2.75, 3.05) is 20.7 Å². The average Bonchev–Trinajstić information content (AvgIpc) is 2.54. The molecule has 2 rings (SSSR count). The minimum Gasteiger partial charge on any atom is -0.497 e. The van der Waals surface area contributed by atoms with E-state index in [0.717, 1.165) is 16.9 Å². The third-order valence-corrected chi connectivity index (χ3v) is 3.56. The lowest BCUT2D eigenvalue weighted by atomic mass is 10.1. The molecule has 0 aliphatic rings. The number of ether oxygens (including phenoxy) is 1. The molecule has 1 amide bonds. The molecule has 2 aromatic carbocycles. The van der Waals surface area contributed by atoms with Crippen molar-refractivity contribution in [1.29, 1.82) is 0 Å². The summed E-state index contributed by atoms with van der Waals surface area (Å²) in [5, 5.41) is 10.3. The summed E-state index contributed by atoms with van der Waals surface area (Å²) in [4.78, 5) is 13.9. The van der Waals surface area contributed by atoms with E-state index >= 15 is 0 Å². The van der Waals surface area contributed by atoms with Crippen LogP contribution in [0.25, 0.3) is 0 Å². The van der Waals surface area contributed by atoms with Crippen LogP contribution in [0.4, 0.5) is 0 Å². The number of aryl methyl sites for hydroxylation is 1. The lowest BCUT2D eigenvalue weighted by Crippen LogP contribution is -2.31. The van der Waals surface area contributed by atoms with Gasteiger partial charge in [0.25, 0.3) is 5.91 Å². The summed E-state index contributed by atoms with van der Waals surface area (Å²) >= 11 is 0. The Balaban J connectivity index is 2.03. The van der Waals surface area contributed by atoms with E-state index in [4.69, 9.17) is 4.74 Å². The van der Waals surface area contributed by atoms with Crippen LogP contribution in [0, 0.1) is 6.92 Å². The van der Waals surface area contributed by atoms with Crippen molar-refractivity contribution in [2.45, 2.75) is 13.0 Å². The minimum atomic E-state index is -0.732. The SMILES string of the molecule is COc1ccc(C(O)CN(C)C(=O)c2cccc(C)c2)cc1. The molecule has 0 fully saturated rings. The fourth-order valence-corrected chi connectivity index (χ4v) is 2.27. The summed E-state index contributed by atoms with van der Waals surface area (Å²) < 4.78 is 5.09. The first-order valence-corrected chi connectivity index (χ1v) is 7.15. The summed E-state index contributed by atoms with van der Waals surface area (Å²) in [6.45, 7) is 2.18. The fraction of sp³-hybridized carbons (Fsp3) is 0.278. The monoisotopic (exact) mass is 299 g/mol. The van der Waals surface area contributed by atoms with Crippen LogP contribution in [0.5, 0.6) is 5.75 Å². The van der Waals surface area contributed by atoms with Crippen LogP contribution in [-0.4, -0.2) is 36.6 Å². The number of benzene rings is 2. The Kier molecular flexibility index (Phi) is 5.17. The van der Waals surface area contributed by atoms with Gasteiger partial charge in [-0.05, 0) is 36.8 Å². The maximum atomic E-state index is 12.4. The van der Waals surface area contributed by atoms with Crippen LogP contribution in [0.2, 0.25) is 0 Å². The third kappa shape index (κ3) is 3.86. The van der Waals surface area contributed by atoms with Crippen LogP contribution in [0.3, 0.4) is 0 Å². The Morgan fingerprint density at radius 2 is 1.91 bits per heavy atom. The summed E-state index contributed by atoms with van der Waals surface area (Å²) in [7, 11) is 3.29. The molecule has 116 valence electrons. The first kappa shape index (κ1) is 16.0. The van der Waals surface area contributed by atoms with Gasteiger partial charge in [-0.3, -0.25) is 4.79 Å². The van der Waals surface area contributed by atoms with E-state index in [2.05, 4.69) is 0 Å². The van der Waals surface area contributed by atoms with Gasteiger partial charge in [0, 0.05) is 12.6 Å². The molecule has 4 nitrogen and oxygen atoms in total. The van der Waals surface area contributed by atoms with Gasteiger partial charge in [-0.1, -0.05) is 29.8 Å². The second kappa shape index (κ2) is 7.09. The zero-order valence-electron chi connectivity index (χ0n) is 13.1. The number of aliphatic hydroxyl groups excluding tert-OH is 1. The van der Waals surface area contributed by atoms with E-state index in [1.165, 1.54) is 4.90 Å². The van der Waals surface area contributed by atoms with E-state index in [-0.39, 0.29) is 12.5 Å². The number of methoxy groups -OCH3 is 1. The topological polar surface area (TPSA) is 49.8 Å². The van der Waals surface area contributed by atoms with Crippen LogP contribution >= 0.6 is 0 Å². The van der Waals surface area contributed by atoms with E-state index in [0.29, 0.717) is 5.56 Å². The number of carbonyl (C=O) groups is 1. The molecule has 0 bridgehead atoms. The fourth-order valence-electron chi connectivity index (χ4n) is 2.27. The summed E-state index contributed by atoms with van der Waals surface area (Å²) in [5.41, 5.74) is 2.42. The van der Waals surface area contributed by atoms with Gasteiger partial charge >= 0.3 is 0 Å². The van der Waals surface area contributed by atoms with Gasteiger partial charge in [0.05, 0.1) is 19.8 Å². The number of carbonyl (C=O) groups excluding carboxylic acids is 1. The Labute approximate surface area is 131 Å². The summed E-state index contributed by atoms with van der Waals surface area (Å²) in [6, 6.07) is 14.6. The highest BCUT2D eigenvalue weighted by atomic mass is 16.5. The Morgan fingerprint density at radius 1 is 1.23 bits per heavy atom. The number of amides is 1. The molecule has 0 saturated carbocycles. The maximum Gasteiger partial charge on any atom is 0.253 e. The molecule has 0 aliphatic heterocycles. The van der Waals surface area contributed by atoms with E-state index in [1.54, 1.807) is 44.5 Å². The Morgan fingerprint density at radius 3 is 2.50 bits per heavy atom. The zero-order chi connectivity index (χ0) is 16.1. The summed E-state index contributed by atoms with van der Waals surface area (Å²) in [5.74, 6) is 0.636. The van der Waals surface area contributed by atoms with Crippen molar-refractivity contribution >= 4 is 5.91 Å². The Hall–Kier alpha value is -2.33. The van der Waals surface area contributed by atoms with Gasteiger partial charge in [-0.25, -0.2) is 0 Å². The molecule has 0 saturated heterocycles. The maximum absolute atomic E-state index is 12.4. The molecule has 0 heterocycles. The second-order valence-electron chi connectivity index (χ2n) is 5.34. The van der Waals surface area contributed by atoms with E-state index < -0.39 is 6.10 Å². The van der Waals surface area contributed by atoms with Crippen LogP contribution < -0.4 is 4.74 Å². The van der Waals surface area contributed by atoms with Gasteiger partial charge in [0.1, 0.15) is 5.75 Å². The number of rotatable bonds is 5. The van der Waals surface area contributed by atoms with Crippen molar-refractivity contribution in [3.8, 4) is 5.75 Å². The number of nitrogens with zero attached hydrogens (tertiary/aromatic N) is 1. The van der Waals surface area contributed by atoms with Crippen LogP contribution in [0.1, 0.15) is 27.6 Å². The minimum absolute atomic E-state index is 0.101. The van der Waals surface area contributed by atoms with Gasteiger partial charge in [-0.15, -0.1) is 0 Å². The first-order valence-electron chi connectivity index (χ1n) is 7.15. The predicted octanol–water partition coefficient (Wildman–Crippen LogP) is 2.81. The predicted molar refractivity (Wildman–Crippen MR) is 86.1 cm³/mol. The third-order valence-electron chi connectivity index (χ3n) is 3.56. The van der Waals surface area contributed by atoms with E-state index in [9.17, 15) is 9.90 Å². The average molecular weight is 299 g/mol. The molecular weight excluding hydrogens is 278 g/mol. The highest BCUT2D eigenvalue weighted by molar-refractivity contribution is 5.94. The molecule has 0 aromatic heterocycles. The van der Waals surface area contributed by atoms with Gasteiger partial charge in [-0.2, -0.15) is 0 Å². The highest BCUT2D eigenvalue weighted by Crippen LogP contribution is 2.19. The van der Waals surface area contributed by atoms with E-state index in [1.807, 2.05) is 25.1 Å². The highest BCUT2D eigenvalue weighted by Gasteiger charge is 2.16. The van der Waals surface area contributed by atoms with Gasteiger partial charge in [0.2, 0.25) is 0 Å². The number of aliphatic hydroxyl groups is 1. The molecule has 0 aliphatic carbocycles. The molecule has 1 N–H and O–H groups in total. The second-order valence-corrected chi connectivity index (χ2v) is 5.34. The molecule has 1 unspecified atom stereocenters. The first-order chi connectivity index (χ1) is 10.5. The lowest BCUT2D eigenvalue weighted by molar-refractivity contribution is 0.0681. The number of hydrogen-bond acceptors (Lipinski definition) is 3. The molecule has 0 spiro atoms. The molecular formula is C18H21NO3. The summed E-state index contributed by atoms with van der Waals surface area (Å²) in [6.07, 6.45) is -0.732. The molecule has 1 atom stereocenters. The molecule has 4 heteroatoms. The smallest absolute Gasteiger partial charge is 0.253 e. The lowest BCUT2D eigenvalue weighted by Gasteiger charge is -2.21. The van der Waals surface area contributed by atoms with Crippen molar-refractivity contribution in [3.63, 3.8) is 0 Å². The molecule has 22 heavy (non-hydrogen) atoms. The Bertz CT molecular complexity index is 637. The van der Waals surface area contributed by atoms with Crippen molar-refractivity contribution < 1.29 is 14.6 Å². The molecule has 2 aromatic rings. The van der Waals surface area contributed by atoms with Crippen molar-refractivity contribution in [2.24, 2.45) is 0 Å². The van der Waals surface area contributed by atoms with Crippen LogP contribution in [-0.2, 0) is 0 Å². The largest absolute Gasteiger partial charge is 0.497 e. The normalized spacial score (nSPS) is 11.8. The number of likely N-dealkylation sites (N-methyl/N-ethyl adjacent to an activating group) is 1. The standard InChI is InChI=1S/C18H21NO3/c1-13-5-4-6-15(11-13)18(21)19(2)12-17(20)14-7-9-16(22-3)10-8-14/h4-11,17,20H,12H2,1-3H3.